The van der Waals surface area contributed by atoms with Crippen molar-refractivity contribution in [2.45, 2.75) is 30.2 Å². The second kappa shape index (κ2) is 5.28. The number of thioether (sulfide) groups is 1. The standard InChI is InChI=1S/C16H16N4OS/c1-22-11-7-5-10(6-8-11)15-14-12(3-2-4-13(14)21)19-16-17-9-18-20(15)16/h5-9,15H,2-4H2,1H3,(H,17,18,19)/t15-/m0/s1. The lowest BCUT2D eigenvalue weighted by molar-refractivity contribution is -0.116. The van der Waals surface area contributed by atoms with Crippen LogP contribution < -0.4 is 5.32 Å². The van der Waals surface area contributed by atoms with Crippen LogP contribution in [0.3, 0.4) is 0 Å². The highest BCUT2D eigenvalue weighted by atomic mass is 32.2. The fourth-order valence-electron chi connectivity index (χ4n) is 3.19. The zero-order valence-electron chi connectivity index (χ0n) is 12.2. The number of Topliss-reactive ketones (excluding diaryl/α,β-unsaturated/α-hetero) is 1. The molecule has 0 saturated heterocycles. The number of nitrogens with one attached hydrogen (secondary N) is 1. The third kappa shape index (κ3) is 2.06. The van der Waals surface area contributed by atoms with Crippen LogP contribution in [0, 0.1) is 0 Å². The molecular weight excluding hydrogens is 296 g/mol. The number of hydrogen-bond donors (Lipinski definition) is 1. The molecule has 1 aromatic carbocycles. The fourth-order valence-corrected chi connectivity index (χ4v) is 3.60. The lowest BCUT2D eigenvalue weighted by Gasteiger charge is -2.32. The monoisotopic (exact) mass is 312 g/mol. The molecular formula is C16H16N4OS. The summed E-state index contributed by atoms with van der Waals surface area (Å²) < 4.78 is 1.82. The fraction of sp³-hybridized carbons (Fsp3) is 0.312. The van der Waals surface area contributed by atoms with Crippen molar-refractivity contribution in [3.05, 3.63) is 47.4 Å². The third-order valence-corrected chi connectivity index (χ3v) is 4.99. The molecule has 6 heteroatoms. The predicted molar refractivity (Wildman–Crippen MR) is 85.9 cm³/mol. The summed E-state index contributed by atoms with van der Waals surface area (Å²) in [4.78, 5) is 18.0. The first-order chi connectivity index (χ1) is 10.8. The summed E-state index contributed by atoms with van der Waals surface area (Å²) in [5, 5.41) is 7.61. The summed E-state index contributed by atoms with van der Waals surface area (Å²) in [6, 6.07) is 8.18. The van der Waals surface area contributed by atoms with E-state index in [-0.39, 0.29) is 11.8 Å². The van der Waals surface area contributed by atoms with Crippen LogP contribution in [0.1, 0.15) is 30.9 Å². The van der Waals surface area contributed by atoms with Gasteiger partial charge in [0.2, 0.25) is 5.95 Å². The molecule has 2 aliphatic rings. The lowest BCUT2D eigenvalue weighted by Crippen LogP contribution is -2.31. The minimum Gasteiger partial charge on any atom is -0.328 e. The van der Waals surface area contributed by atoms with Crippen LogP contribution in [-0.2, 0) is 4.79 Å². The van der Waals surface area contributed by atoms with Gasteiger partial charge < -0.3 is 5.32 Å². The molecule has 0 saturated carbocycles. The van der Waals surface area contributed by atoms with Crippen LogP contribution in [0.25, 0.3) is 0 Å². The highest BCUT2D eigenvalue weighted by Crippen LogP contribution is 2.39. The van der Waals surface area contributed by atoms with E-state index < -0.39 is 0 Å². The van der Waals surface area contributed by atoms with Crippen molar-refractivity contribution in [1.82, 2.24) is 14.8 Å². The predicted octanol–water partition coefficient (Wildman–Crippen LogP) is 3.02. The molecule has 0 amide bonds. The first-order valence-electron chi connectivity index (χ1n) is 7.34. The van der Waals surface area contributed by atoms with Crippen molar-refractivity contribution in [3.63, 3.8) is 0 Å². The molecule has 1 aromatic heterocycles. The van der Waals surface area contributed by atoms with Crippen molar-refractivity contribution < 1.29 is 4.79 Å². The molecule has 112 valence electrons. The van der Waals surface area contributed by atoms with Crippen molar-refractivity contribution in [3.8, 4) is 0 Å². The number of carbonyl (C=O) groups excluding carboxylic acids is 1. The normalized spacial score (nSPS) is 20.4. The van der Waals surface area contributed by atoms with Crippen LogP contribution in [0.5, 0.6) is 0 Å². The minimum absolute atomic E-state index is 0.169. The van der Waals surface area contributed by atoms with E-state index in [0.29, 0.717) is 12.4 Å². The van der Waals surface area contributed by atoms with Gasteiger partial charge in [-0.05, 0) is 36.8 Å². The molecule has 5 nitrogen and oxygen atoms in total. The summed E-state index contributed by atoms with van der Waals surface area (Å²) in [6.07, 6.45) is 6.00. The van der Waals surface area contributed by atoms with Gasteiger partial charge in [0.25, 0.3) is 0 Å². The second-order valence-corrected chi connectivity index (χ2v) is 6.38. The Hall–Kier alpha value is -2.08. The summed E-state index contributed by atoms with van der Waals surface area (Å²) in [5.41, 5.74) is 2.94. The molecule has 22 heavy (non-hydrogen) atoms. The van der Waals surface area contributed by atoms with Crippen molar-refractivity contribution in [2.24, 2.45) is 0 Å². The topological polar surface area (TPSA) is 59.8 Å². The average molecular weight is 312 g/mol. The van der Waals surface area contributed by atoms with Crippen LogP contribution in [0.15, 0.2) is 46.8 Å². The Morgan fingerprint density at radius 2 is 2.09 bits per heavy atom. The third-order valence-electron chi connectivity index (χ3n) is 4.24. The molecule has 0 fully saturated rings. The van der Waals surface area contributed by atoms with Gasteiger partial charge in [0, 0.05) is 22.6 Å². The molecule has 1 aliphatic heterocycles. The van der Waals surface area contributed by atoms with E-state index in [1.54, 1.807) is 11.8 Å². The van der Waals surface area contributed by atoms with E-state index in [1.807, 2.05) is 4.68 Å². The molecule has 0 bridgehead atoms. The maximum Gasteiger partial charge on any atom is 0.226 e. The maximum absolute atomic E-state index is 12.5. The van der Waals surface area contributed by atoms with Crippen LogP contribution >= 0.6 is 11.8 Å². The van der Waals surface area contributed by atoms with Crippen LogP contribution in [0.4, 0.5) is 5.95 Å². The summed E-state index contributed by atoms with van der Waals surface area (Å²) in [5.74, 6) is 0.932. The SMILES string of the molecule is CSc1ccc([C@H]2C3=C(CCCC3=O)Nc3ncnn32)cc1. The molecule has 1 aliphatic carbocycles. The number of ketones is 1. The number of nitrogens with zero attached hydrogens (tertiary/aromatic N) is 3. The Kier molecular flexibility index (Phi) is 3.26. The summed E-state index contributed by atoms with van der Waals surface area (Å²) >= 11 is 1.71. The zero-order valence-corrected chi connectivity index (χ0v) is 13.1. The first-order valence-corrected chi connectivity index (χ1v) is 8.57. The summed E-state index contributed by atoms with van der Waals surface area (Å²) in [7, 11) is 0. The number of anilines is 1. The van der Waals surface area contributed by atoms with Crippen molar-refractivity contribution >= 4 is 23.5 Å². The van der Waals surface area contributed by atoms with Gasteiger partial charge in [-0.25, -0.2) is 4.68 Å². The van der Waals surface area contributed by atoms with E-state index >= 15 is 0 Å². The van der Waals surface area contributed by atoms with Crippen LogP contribution in [-0.4, -0.2) is 26.8 Å². The van der Waals surface area contributed by atoms with E-state index in [0.717, 1.165) is 29.7 Å². The van der Waals surface area contributed by atoms with E-state index in [2.05, 4.69) is 45.9 Å². The average Bonchev–Trinajstić information content (AvgIpc) is 3.01. The van der Waals surface area contributed by atoms with Gasteiger partial charge >= 0.3 is 0 Å². The molecule has 1 N–H and O–H groups in total. The number of aromatic nitrogens is 3. The molecule has 4 rings (SSSR count). The highest BCUT2D eigenvalue weighted by molar-refractivity contribution is 7.98. The number of benzene rings is 1. The lowest BCUT2D eigenvalue weighted by atomic mass is 9.85. The molecule has 0 unspecified atom stereocenters. The quantitative estimate of drug-likeness (QED) is 0.864. The van der Waals surface area contributed by atoms with Crippen molar-refractivity contribution in [1.29, 1.82) is 0 Å². The van der Waals surface area contributed by atoms with Gasteiger partial charge in [-0.2, -0.15) is 10.1 Å². The molecule has 2 heterocycles. The van der Waals surface area contributed by atoms with Gasteiger partial charge in [0.05, 0.1) is 0 Å². The van der Waals surface area contributed by atoms with E-state index in [1.165, 1.54) is 11.2 Å². The Balaban J connectivity index is 1.86. The Labute approximate surface area is 132 Å². The molecule has 0 radical (unpaired) electrons. The van der Waals surface area contributed by atoms with Gasteiger partial charge in [-0.3, -0.25) is 4.79 Å². The second-order valence-electron chi connectivity index (χ2n) is 5.50. The Morgan fingerprint density at radius 1 is 1.27 bits per heavy atom. The van der Waals surface area contributed by atoms with Gasteiger partial charge in [0.15, 0.2) is 5.78 Å². The minimum atomic E-state index is -0.169. The number of hydrogen-bond acceptors (Lipinski definition) is 5. The molecule has 1 atom stereocenters. The van der Waals surface area contributed by atoms with E-state index in [9.17, 15) is 4.79 Å². The zero-order chi connectivity index (χ0) is 15.1. The number of fused-ring (bicyclic) bond motifs is 1. The van der Waals surface area contributed by atoms with Gasteiger partial charge in [0.1, 0.15) is 12.4 Å². The van der Waals surface area contributed by atoms with Gasteiger partial charge in [-0.1, -0.05) is 12.1 Å². The number of rotatable bonds is 2. The van der Waals surface area contributed by atoms with Crippen LogP contribution in [0.2, 0.25) is 0 Å². The first kappa shape index (κ1) is 13.6. The maximum atomic E-state index is 12.5. The Morgan fingerprint density at radius 3 is 2.86 bits per heavy atom. The number of carbonyl (C=O) groups is 1. The number of allylic oxidation sites excluding steroid dienone is 2. The smallest absolute Gasteiger partial charge is 0.226 e. The van der Waals surface area contributed by atoms with Gasteiger partial charge in [-0.15, -0.1) is 11.8 Å². The highest BCUT2D eigenvalue weighted by Gasteiger charge is 2.35. The summed E-state index contributed by atoms with van der Waals surface area (Å²) in [6.45, 7) is 0. The largest absolute Gasteiger partial charge is 0.328 e. The van der Waals surface area contributed by atoms with E-state index in [4.69, 9.17) is 0 Å². The molecule has 0 spiro atoms. The van der Waals surface area contributed by atoms with Crippen molar-refractivity contribution in [2.75, 3.05) is 11.6 Å². The molecule has 2 aromatic rings. The Bertz CT molecular complexity index is 763.